The quantitative estimate of drug-likeness (QED) is 0.705. The number of piperazine rings is 1. The standard InChI is InChI=1S/C18H22N6O/c1-22-9-11-23(12-10-22)17(15-6-3-2-4-7-15)18-19-20-21-24(18)14-16-8-5-13-25-16/h2-8,13,17H,9-12,14H2,1H3. The van der Waals surface area contributed by atoms with Gasteiger partial charge in [-0.2, -0.15) is 0 Å². The summed E-state index contributed by atoms with van der Waals surface area (Å²) >= 11 is 0. The van der Waals surface area contributed by atoms with Gasteiger partial charge in [0.25, 0.3) is 0 Å². The third-order valence-corrected chi connectivity index (χ3v) is 4.71. The number of aromatic nitrogens is 4. The number of benzene rings is 1. The van der Waals surface area contributed by atoms with Crippen molar-refractivity contribution in [2.45, 2.75) is 12.6 Å². The first-order valence-electron chi connectivity index (χ1n) is 8.57. The molecule has 0 radical (unpaired) electrons. The Kier molecular flexibility index (Phi) is 4.58. The Hall–Kier alpha value is -2.51. The van der Waals surface area contributed by atoms with Crippen LogP contribution in [-0.2, 0) is 6.54 Å². The van der Waals surface area contributed by atoms with Crippen molar-refractivity contribution in [1.82, 2.24) is 30.0 Å². The largest absolute Gasteiger partial charge is 0.467 e. The van der Waals surface area contributed by atoms with Crippen molar-refractivity contribution in [1.29, 1.82) is 0 Å². The molecule has 7 heteroatoms. The molecule has 0 amide bonds. The van der Waals surface area contributed by atoms with Crippen LogP contribution in [0.5, 0.6) is 0 Å². The zero-order chi connectivity index (χ0) is 17.1. The first-order valence-corrected chi connectivity index (χ1v) is 8.57. The lowest BCUT2D eigenvalue weighted by atomic mass is 10.0. The Morgan fingerprint density at radius 3 is 2.56 bits per heavy atom. The summed E-state index contributed by atoms with van der Waals surface area (Å²) in [6, 6.07) is 14.3. The van der Waals surface area contributed by atoms with E-state index in [0.29, 0.717) is 6.54 Å². The molecule has 130 valence electrons. The molecule has 0 spiro atoms. The second kappa shape index (κ2) is 7.16. The fourth-order valence-corrected chi connectivity index (χ4v) is 3.31. The number of furan rings is 1. The minimum atomic E-state index is 0.0415. The van der Waals surface area contributed by atoms with Gasteiger partial charge >= 0.3 is 0 Å². The smallest absolute Gasteiger partial charge is 0.173 e. The lowest BCUT2D eigenvalue weighted by molar-refractivity contribution is 0.121. The summed E-state index contributed by atoms with van der Waals surface area (Å²) in [6.07, 6.45) is 1.68. The van der Waals surface area contributed by atoms with Gasteiger partial charge in [-0.05, 0) is 35.2 Å². The van der Waals surface area contributed by atoms with Gasteiger partial charge in [-0.3, -0.25) is 4.90 Å². The van der Waals surface area contributed by atoms with E-state index >= 15 is 0 Å². The van der Waals surface area contributed by atoms with Crippen molar-refractivity contribution in [3.63, 3.8) is 0 Å². The van der Waals surface area contributed by atoms with Crippen molar-refractivity contribution in [2.75, 3.05) is 33.2 Å². The maximum atomic E-state index is 5.47. The molecule has 7 nitrogen and oxygen atoms in total. The molecule has 3 heterocycles. The minimum absolute atomic E-state index is 0.0415. The second-order valence-electron chi connectivity index (χ2n) is 6.43. The van der Waals surface area contributed by atoms with Crippen molar-refractivity contribution in [3.05, 3.63) is 65.9 Å². The summed E-state index contributed by atoms with van der Waals surface area (Å²) in [4.78, 5) is 4.81. The molecule has 1 aliphatic heterocycles. The lowest BCUT2D eigenvalue weighted by Gasteiger charge is -2.37. The molecule has 0 saturated carbocycles. The van der Waals surface area contributed by atoms with E-state index in [9.17, 15) is 0 Å². The molecule has 1 unspecified atom stereocenters. The van der Waals surface area contributed by atoms with E-state index in [1.807, 2.05) is 22.9 Å². The van der Waals surface area contributed by atoms with Crippen molar-refractivity contribution in [3.8, 4) is 0 Å². The van der Waals surface area contributed by atoms with Crippen LogP contribution in [0.25, 0.3) is 0 Å². The maximum absolute atomic E-state index is 5.47. The van der Waals surface area contributed by atoms with Crippen LogP contribution >= 0.6 is 0 Å². The lowest BCUT2D eigenvalue weighted by Crippen LogP contribution is -2.46. The molecule has 0 aliphatic carbocycles. The number of likely N-dealkylation sites (N-methyl/N-ethyl adjacent to an activating group) is 1. The van der Waals surface area contributed by atoms with Crippen LogP contribution in [0.15, 0.2) is 53.1 Å². The summed E-state index contributed by atoms with van der Waals surface area (Å²) in [5, 5.41) is 12.5. The zero-order valence-corrected chi connectivity index (χ0v) is 14.3. The van der Waals surface area contributed by atoms with E-state index in [1.54, 1.807) is 6.26 Å². The molecule has 0 bridgehead atoms. The predicted molar refractivity (Wildman–Crippen MR) is 93.0 cm³/mol. The molecule has 1 saturated heterocycles. The molecule has 1 fully saturated rings. The van der Waals surface area contributed by atoms with Gasteiger partial charge < -0.3 is 9.32 Å². The second-order valence-corrected chi connectivity index (χ2v) is 6.43. The first kappa shape index (κ1) is 16.0. The highest BCUT2D eigenvalue weighted by molar-refractivity contribution is 5.25. The van der Waals surface area contributed by atoms with Crippen LogP contribution in [0.1, 0.15) is 23.2 Å². The summed E-state index contributed by atoms with van der Waals surface area (Å²) in [6.45, 7) is 4.60. The monoisotopic (exact) mass is 338 g/mol. The van der Waals surface area contributed by atoms with Gasteiger partial charge in [0.1, 0.15) is 12.3 Å². The molecular weight excluding hydrogens is 316 g/mol. The summed E-state index contributed by atoms with van der Waals surface area (Å²) in [5.41, 5.74) is 1.21. The molecule has 1 aromatic carbocycles. The van der Waals surface area contributed by atoms with Gasteiger partial charge in [0.05, 0.1) is 12.3 Å². The van der Waals surface area contributed by atoms with Crippen LogP contribution in [0, 0.1) is 0 Å². The Morgan fingerprint density at radius 2 is 1.84 bits per heavy atom. The third kappa shape index (κ3) is 3.47. The Labute approximate surface area is 146 Å². The highest BCUT2D eigenvalue weighted by Crippen LogP contribution is 2.28. The molecule has 1 aliphatic rings. The van der Waals surface area contributed by atoms with Gasteiger partial charge in [0.15, 0.2) is 5.82 Å². The molecule has 3 aromatic rings. The molecule has 2 aromatic heterocycles. The van der Waals surface area contributed by atoms with E-state index < -0.39 is 0 Å². The summed E-state index contributed by atoms with van der Waals surface area (Å²) < 4.78 is 7.31. The van der Waals surface area contributed by atoms with Crippen LogP contribution in [-0.4, -0.2) is 63.2 Å². The molecule has 4 rings (SSSR count). The number of hydrogen-bond donors (Lipinski definition) is 0. The van der Waals surface area contributed by atoms with Crippen LogP contribution < -0.4 is 0 Å². The van der Waals surface area contributed by atoms with Crippen molar-refractivity contribution >= 4 is 0 Å². The van der Waals surface area contributed by atoms with E-state index in [0.717, 1.165) is 37.8 Å². The van der Waals surface area contributed by atoms with Crippen LogP contribution in [0.4, 0.5) is 0 Å². The third-order valence-electron chi connectivity index (χ3n) is 4.71. The molecule has 25 heavy (non-hydrogen) atoms. The van der Waals surface area contributed by atoms with Gasteiger partial charge in [-0.25, -0.2) is 4.68 Å². The van der Waals surface area contributed by atoms with E-state index in [4.69, 9.17) is 4.42 Å². The zero-order valence-electron chi connectivity index (χ0n) is 14.3. The molecule has 1 atom stereocenters. The van der Waals surface area contributed by atoms with Gasteiger partial charge in [-0.1, -0.05) is 30.3 Å². The van der Waals surface area contributed by atoms with Gasteiger partial charge in [-0.15, -0.1) is 5.10 Å². The Balaban J connectivity index is 1.68. The first-order chi connectivity index (χ1) is 12.3. The SMILES string of the molecule is CN1CCN(C(c2ccccc2)c2nnnn2Cc2ccco2)CC1. The number of nitrogens with zero attached hydrogens (tertiary/aromatic N) is 6. The number of rotatable bonds is 5. The summed E-state index contributed by atoms with van der Waals surface area (Å²) in [7, 11) is 2.16. The van der Waals surface area contributed by atoms with Crippen LogP contribution in [0.2, 0.25) is 0 Å². The van der Waals surface area contributed by atoms with Gasteiger partial charge in [0.2, 0.25) is 0 Å². The Morgan fingerprint density at radius 1 is 1.04 bits per heavy atom. The molecular formula is C18H22N6O. The Bertz CT molecular complexity index is 777. The predicted octanol–water partition coefficient (Wildman–Crippen LogP) is 1.65. The van der Waals surface area contributed by atoms with E-state index in [1.165, 1.54) is 5.56 Å². The topological polar surface area (TPSA) is 63.2 Å². The van der Waals surface area contributed by atoms with Crippen molar-refractivity contribution in [2.24, 2.45) is 0 Å². The van der Waals surface area contributed by atoms with Crippen LogP contribution in [0.3, 0.4) is 0 Å². The van der Waals surface area contributed by atoms with E-state index in [-0.39, 0.29) is 6.04 Å². The number of hydrogen-bond acceptors (Lipinski definition) is 6. The average Bonchev–Trinajstić information content (AvgIpc) is 3.31. The number of tetrazole rings is 1. The molecule has 0 N–H and O–H groups in total. The summed E-state index contributed by atoms with van der Waals surface area (Å²) in [5.74, 6) is 1.70. The van der Waals surface area contributed by atoms with Crippen molar-refractivity contribution < 1.29 is 4.42 Å². The van der Waals surface area contributed by atoms with Gasteiger partial charge in [0, 0.05) is 26.2 Å². The maximum Gasteiger partial charge on any atom is 0.173 e. The fraction of sp³-hybridized carbons (Fsp3) is 0.389. The normalized spacial score (nSPS) is 17.6. The fourth-order valence-electron chi connectivity index (χ4n) is 3.31. The van der Waals surface area contributed by atoms with E-state index in [2.05, 4.69) is 56.6 Å². The average molecular weight is 338 g/mol. The highest BCUT2D eigenvalue weighted by atomic mass is 16.3. The minimum Gasteiger partial charge on any atom is -0.467 e. The highest BCUT2D eigenvalue weighted by Gasteiger charge is 2.29.